The topological polar surface area (TPSA) is 20.3 Å². The maximum atomic E-state index is 13.4. The number of hydrogen-bond acceptors (Lipinski definition) is 1. The van der Waals surface area contributed by atoms with E-state index in [2.05, 4.69) is 0 Å². The molecule has 1 fully saturated rings. The molecule has 1 saturated carbocycles. The normalized spacial score (nSPS) is 15.1. The van der Waals surface area contributed by atoms with Crippen LogP contribution >= 0.6 is 0 Å². The third-order valence-electron chi connectivity index (χ3n) is 2.69. The van der Waals surface area contributed by atoms with Gasteiger partial charge in [-0.25, -0.2) is 4.39 Å². The Labute approximate surface area is 88.7 Å². The first kappa shape index (κ1) is 10.1. The zero-order valence-electron chi connectivity index (χ0n) is 8.74. The highest BCUT2D eigenvalue weighted by Gasteiger charge is 2.32. The van der Waals surface area contributed by atoms with Crippen molar-refractivity contribution in [2.75, 3.05) is 6.54 Å². The van der Waals surface area contributed by atoms with E-state index in [-0.39, 0.29) is 11.5 Å². The van der Waals surface area contributed by atoms with Gasteiger partial charge in [-0.05, 0) is 31.9 Å². The molecule has 1 amide bonds. The monoisotopic (exact) mass is 207 g/mol. The molecule has 80 valence electrons. The molecule has 0 N–H and O–H groups in total. The predicted molar refractivity (Wildman–Crippen MR) is 56.1 cm³/mol. The maximum Gasteiger partial charge on any atom is 0.257 e. The Morgan fingerprint density at radius 1 is 1.47 bits per heavy atom. The largest absolute Gasteiger partial charge is 0.336 e. The summed E-state index contributed by atoms with van der Waals surface area (Å²) < 4.78 is 13.4. The molecule has 1 aromatic carbocycles. The van der Waals surface area contributed by atoms with Gasteiger partial charge in [0.1, 0.15) is 5.82 Å². The SMILES string of the molecule is CCN(C(=O)c1ccccc1F)C1CC1. The zero-order chi connectivity index (χ0) is 10.8. The van der Waals surface area contributed by atoms with Crippen LogP contribution in [-0.2, 0) is 0 Å². The summed E-state index contributed by atoms with van der Waals surface area (Å²) in [7, 11) is 0. The second-order valence-electron chi connectivity index (χ2n) is 3.80. The Morgan fingerprint density at radius 2 is 2.13 bits per heavy atom. The standard InChI is InChI=1S/C12H14FNO/c1-2-14(9-7-8-9)12(15)10-5-3-4-6-11(10)13/h3-6,9H,2,7-8H2,1H3. The van der Waals surface area contributed by atoms with Crippen molar-refractivity contribution in [2.24, 2.45) is 0 Å². The second kappa shape index (κ2) is 4.01. The van der Waals surface area contributed by atoms with Crippen LogP contribution in [0.5, 0.6) is 0 Å². The first-order valence-corrected chi connectivity index (χ1v) is 5.29. The fourth-order valence-electron chi connectivity index (χ4n) is 1.74. The Morgan fingerprint density at radius 3 is 2.67 bits per heavy atom. The van der Waals surface area contributed by atoms with Crippen LogP contribution in [0.3, 0.4) is 0 Å². The van der Waals surface area contributed by atoms with E-state index in [9.17, 15) is 9.18 Å². The van der Waals surface area contributed by atoms with Crippen molar-refractivity contribution in [3.63, 3.8) is 0 Å². The highest BCUT2D eigenvalue weighted by molar-refractivity contribution is 5.94. The maximum absolute atomic E-state index is 13.4. The molecule has 15 heavy (non-hydrogen) atoms. The highest BCUT2D eigenvalue weighted by Crippen LogP contribution is 2.28. The van der Waals surface area contributed by atoms with E-state index in [4.69, 9.17) is 0 Å². The summed E-state index contributed by atoms with van der Waals surface area (Å²) in [6.45, 7) is 2.58. The van der Waals surface area contributed by atoms with Gasteiger partial charge in [-0.1, -0.05) is 12.1 Å². The minimum absolute atomic E-state index is 0.182. The average molecular weight is 207 g/mol. The van der Waals surface area contributed by atoms with E-state index in [0.29, 0.717) is 12.6 Å². The van der Waals surface area contributed by atoms with Crippen LogP contribution < -0.4 is 0 Å². The minimum atomic E-state index is -0.429. The van der Waals surface area contributed by atoms with E-state index in [0.717, 1.165) is 12.8 Å². The number of benzene rings is 1. The molecule has 0 unspecified atom stereocenters. The summed E-state index contributed by atoms with van der Waals surface area (Å²) in [6, 6.07) is 6.50. The van der Waals surface area contributed by atoms with Crippen LogP contribution in [0, 0.1) is 5.82 Å². The Balaban J connectivity index is 2.22. The molecular weight excluding hydrogens is 193 g/mol. The molecule has 1 aliphatic rings. The number of carbonyl (C=O) groups excluding carboxylic acids is 1. The summed E-state index contributed by atoms with van der Waals surface area (Å²) >= 11 is 0. The summed E-state index contributed by atoms with van der Waals surface area (Å²) in [5, 5.41) is 0. The fourth-order valence-corrected chi connectivity index (χ4v) is 1.74. The van der Waals surface area contributed by atoms with E-state index < -0.39 is 5.82 Å². The van der Waals surface area contributed by atoms with Crippen molar-refractivity contribution in [2.45, 2.75) is 25.8 Å². The van der Waals surface area contributed by atoms with Crippen molar-refractivity contribution < 1.29 is 9.18 Å². The lowest BCUT2D eigenvalue weighted by molar-refractivity contribution is 0.0748. The van der Waals surface area contributed by atoms with Gasteiger partial charge in [0, 0.05) is 12.6 Å². The van der Waals surface area contributed by atoms with Crippen molar-refractivity contribution in [3.05, 3.63) is 35.6 Å². The van der Waals surface area contributed by atoms with Crippen LogP contribution in [0.2, 0.25) is 0 Å². The zero-order valence-corrected chi connectivity index (χ0v) is 8.74. The van der Waals surface area contributed by atoms with Crippen molar-refractivity contribution in [1.29, 1.82) is 0 Å². The summed E-state index contributed by atoms with van der Waals surface area (Å²) in [4.78, 5) is 13.7. The first-order chi connectivity index (χ1) is 7.24. The van der Waals surface area contributed by atoms with Gasteiger partial charge in [0.15, 0.2) is 0 Å². The van der Waals surface area contributed by atoms with Crippen molar-refractivity contribution >= 4 is 5.91 Å². The molecule has 3 heteroatoms. The molecule has 2 nitrogen and oxygen atoms in total. The lowest BCUT2D eigenvalue weighted by Crippen LogP contribution is -2.33. The third kappa shape index (κ3) is 2.01. The molecule has 0 aliphatic heterocycles. The first-order valence-electron chi connectivity index (χ1n) is 5.29. The summed E-state index contributed by atoms with van der Waals surface area (Å²) in [5.41, 5.74) is 0.186. The number of halogens is 1. The van der Waals surface area contributed by atoms with E-state index in [1.807, 2.05) is 6.92 Å². The van der Waals surface area contributed by atoms with Crippen LogP contribution in [0.4, 0.5) is 4.39 Å². The van der Waals surface area contributed by atoms with Crippen molar-refractivity contribution in [3.8, 4) is 0 Å². The van der Waals surface area contributed by atoms with Crippen LogP contribution in [0.15, 0.2) is 24.3 Å². The van der Waals surface area contributed by atoms with Crippen LogP contribution in [0.1, 0.15) is 30.1 Å². The number of nitrogens with zero attached hydrogens (tertiary/aromatic N) is 1. The highest BCUT2D eigenvalue weighted by atomic mass is 19.1. The summed E-state index contributed by atoms with van der Waals surface area (Å²) in [5.74, 6) is -0.611. The van der Waals surface area contributed by atoms with E-state index >= 15 is 0 Å². The fraction of sp³-hybridized carbons (Fsp3) is 0.417. The van der Waals surface area contributed by atoms with Gasteiger partial charge < -0.3 is 4.90 Å². The van der Waals surface area contributed by atoms with E-state index in [1.54, 1.807) is 23.1 Å². The molecule has 0 atom stereocenters. The smallest absolute Gasteiger partial charge is 0.257 e. The lowest BCUT2D eigenvalue weighted by atomic mass is 10.2. The molecule has 0 bridgehead atoms. The van der Waals surface area contributed by atoms with Gasteiger partial charge >= 0.3 is 0 Å². The average Bonchev–Trinajstić information content (AvgIpc) is 3.03. The molecule has 0 heterocycles. The molecule has 1 aliphatic carbocycles. The van der Waals surface area contributed by atoms with Crippen LogP contribution in [0.25, 0.3) is 0 Å². The van der Waals surface area contributed by atoms with E-state index in [1.165, 1.54) is 6.07 Å². The Kier molecular flexibility index (Phi) is 2.71. The van der Waals surface area contributed by atoms with Gasteiger partial charge in [0.05, 0.1) is 5.56 Å². The Bertz CT molecular complexity index is 374. The number of hydrogen-bond donors (Lipinski definition) is 0. The molecule has 0 aromatic heterocycles. The van der Waals surface area contributed by atoms with Gasteiger partial charge in [0.2, 0.25) is 0 Å². The van der Waals surface area contributed by atoms with Gasteiger partial charge in [-0.2, -0.15) is 0 Å². The van der Waals surface area contributed by atoms with Gasteiger partial charge in [0.25, 0.3) is 5.91 Å². The second-order valence-corrected chi connectivity index (χ2v) is 3.80. The molecule has 2 rings (SSSR count). The lowest BCUT2D eigenvalue weighted by Gasteiger charge is -2.20. The molecule has 0 saturated heterocycles. The van der Waals surface area contributed by atoms with Gasteiger partial charge in [-0.15, -0.1) is 0 Å². The molecule has 0 spiro atoms. The Hall–Kier alpha value is -1.38. The number of amides is 1. The van der Waals surface area contributed by atoms with Crippen LogP contribution in [-0.4, -0.2) is 23.4 Å². The third-order valence-corrected chi connectivity index (χ3v) is 2.69. The molecule has 0 radical (unpaired) electrons. The predicted octanol–water partition coefficient (Wildman–Crippen LogP) is 2.45. The quantitative estimate of drug-likeness (QED) is 0.745. The molecular formula is C12H14FNO. The number of rotatable bonds is 3. The number of carbonyl (C=O) groups is 1. The van der Waals surface area contributed by atoms with Crippen molar-refractivity contribution in [1.82, 2.24) is 4.90 Å². The summed E-state index contributed by atoms with van der Waals surface area (Å²) in [6.07, 6.45) is 2.10. The van der Waals surface area contributed by atoms with Gasteiger partial charge in [-0.3, -0.25) is 4.79 Å². The minimum Gasteiger partial charge on any atom is -0.336 e. The molecule has 1 aromatic rings.